The fraction of sp³-hybridized carbons (Fsp3) is 0.702. The van der Waals surface area contributed by atoms with Crippen LogP contribution in [0, 0.1) is 0 Å². The quantitative estimate of drug-likeness (QED) is 0.0298. The lowest BCUT2D eigenvalue weighted by molar-refractivity contribution is -0.154. The Kier molecular flexibility index (Phi) is 24.1. The van der Waals surface area contributed by atoms with E-state index in [1.807, 2.05) is 6.08 Å². The molecule has 4 atom stereocenters. The number of para-hydroxylation sites is 1. The lowest BCUT2D eigenvalue weighted by Gasteiger charge is -2.24. The molecular weight excluding hydrogens is 763 g/mol. The van der Waals surface area contributed by atoms with Crippen LogP contribution in [0.1, 0.15) is 174 Å². The number of hydrogen-bond acceptors (Lipinski definition) is 9. The van der Waals surface area contributed by atoms with E-state index in [-0.39, 0.29) is 42.9 Å². The molecule has 0 radical (unpaired) electrons. The third-order valence-corrected chi connectivity index (χ3v) is 11.2. The molecule has 1 saturated heterocycles. The van der Waals surface area contributed by atoms with Crippen LogP contribution in [0.25, 0.3) is 0 Å². The van der Waals surface area contributed by atoms with Gasteiger partial charge < -0.3 is 35.8 Å². The Hall–Kier alpha value is -4.42. The zero-order valence-corrected chi connectivity index (χ0v) is 36.8. The summed E-state index contributed by atoms with van der Waals surface area (Å²) in [7, 11) is 0. The Balaban J connectivity index is 1.39. The van der Waals surface area contributed by atoms with Gasteiger partial charge in [0.2, 0.25) is 23.6 Å². The number of carbonyl (C=O) groups is 5. The summed E-state index contributed by atoms with van der Waals surface area (Å²) in [5.74, 6) is -2.01. The molecule has 5 N–H and O–H groups in total. The monoisotopic (exact) mass is 838 g/mol. The highest BCUT2D eigenvalue weighted by Crippen LogP contribution is 2.26. The van der Waals surface area contributed by atoms with Gasteiger partial charge in [-0.15, -0.1) is 0 Å². The van der Waals surface area contributed by atoms with Crippen LogP contribution in [0.5, 0.6) is 5.75 Å². The Morgan fingerprint density at radius 2 is 1.58 bits per heavy atom. The van der Waals surface area contributed by atoms with E-state index in [9.17, 15) is 29.1 Å². The molecule has 336 valence electrons. The van der Waals surface area contributed by atoms with E-state index in [1.165, 1.54) is 96.0 Å². The van der Waals surface area contributed by atoms with Gasteiger partial charge in [-0.2, -0.15) is 0 Å². The molecule has 0 saturated carbocycles. The summed E-state index contributed by atoms with van der Waals surface area (Å²) in [4.78, 5) is 69.1. The smallest absolute Gasteiger partial charge is 0.328 e. The fourth-order valence-electron chi connectivity index (χ4n) is 7.45. The summed E-state index contributed by atoms with van der Waals surface area (Å²) < 4.78 is 11.4. The second-order valence-electron chi connectivity index (χ2n) is 16.8. The summed E-state index contributed by atoms with van der Waals surface area (Å²) in [6.45, 7) is 6.29. The standard InChI is InChI=1S/C47H75N5O8/c1-4-5-6-7-8-9-10-11-12-13-14-15-16-17-18-19-20-31-41(54)48-32-25-24-29-39(45(57)60-36(2)34-42(55)50-38-28-23-26-33-49-43(38)56)51-46(58)47(3)35-59-44(52-47)37-27-21-22-30-40(37)53/h20-22,27,30-31,36,38-39,53H,4-19,23-26,28-29,32-35H2,1-3H3,(H,48,54)(H,49,56)(H,50,55)(H,51,58)/b31-20+/t36-,38+,39+,47+/m1/s1. The van der Waals surface area contributed by atoms with Crippen molar-refractivity contribution in [3.8, 4) is 5.75 Å². The van der Waals surface area contributed by atoms with Crippen molar-refractivity contribution >= 4 is 35.5 Å². The molecule has 0 aromatic heterocycles. The van der Waals surface area contributed by atoms with Crippen molar-refractivity contribution in [2.45, 2.75) is 192 Å². The van der Waals surface area contributed by atoms with E-state index in [0.29, 0.717) is 37.9 Å². The predicted molar refractivity (Wildman–Crippen MR) is 235 cm³/mol. The van der Waals surface area contributed by atoms with E-state index in [1.54, 1.807) is 38.1 Å². The van der Waals surface area contributed by atoms with Crippen LogP contribution in [-0.2, 0) is 33.4 Å². The largest absolute Gasteiger partial charge is 0.507 e. The van der Waals surface area contributed by atoms with Crippen molar-refractivity contribution in [3.05, 3.63) is 42.0 Å². The second-order valence-corrected chi connectivity index (χ2v) is 16.8. The van der Waals surface area contributed by atoms with Crippen LogP contribution in [0.3, 0.4) is 0 Å². The van der Waals surface area contributed by atoms with Crippen LogP contribution < -0.4 is 21.3 Å². The number of aromatic hydroxyl groups is 1. The number of carbonyl (C=O) groups excluding carboxylic acids is 5. The topological polar surface area (TPSA) is 185 Å². The lowest BCUT2D eigenvalue weighted by Crippen LogP contribution is -2.51. The number of nitrogens with zero attached hydrogens (tertiary/aromatic N) is 1. The number of amides is 4. The molecule has 2 heterocycles. The van der Waals surface area contributed by atoms with Gasteiger partial charge in [0.05, 0.1) is 12.0 Å². The SMILES string of the molecule is CCCCCCCCCCCCCCCCC/C=C/C(=O)NCCCC[C@H](NC(=O)[C@]1(C)COC(c2ccccc2O)=N1)C(=O)O[C@H](C)CC(=O)N[C@H]1CCCCNC1=O. The summed E-state index contributed by atoms with van der Waals surface area (Å²) in [5, 5.41) is 21.5. The zero-order valence-electron chi connectivity index (χ0n) is 36.8. The molecule has 2 aliphatic rings. The van der Waals surface area contributed by atoms with Crippen LogP contribution >= 0.6 is 0 Å². The molecular formula is C47H75N5O8. The second kappa shape index (κ2) is 28.9. The van der Waals surface area contributed by atoms with Crippen molar-refractivity contribution in [1.29, 1.82) is 0 Å². The molecule has 2 aliphatic heterocycles. The molecule has 0 bridgehead atoms. The highest BCUT2D eigenvalue weighted by molar-refractivity contribution is 6.02. The van der Waals surface area contributed by atoms with E-state index in [0.717, 1.165) is 25.7 Å². The maximum absolute atomic E-state index is 13.6. The van der Waals surface area contributed by atoms with Gasteiger partial charge in [0, 0.05) is 13.1 Å². The number of rotatable bonds is 30. The van der Waals surface area contributed by atoms with Crippen molar-refractivity contribution in [1.82, 2.24) is 21.3 Å². The van der Waals surface area contributed by atoms with Crippen LogP contribution in [0.2, 0.25) is 0 Å². The minimum absolute atomic E-state index is 0.0390. The number of hydrogen-bond donors (Lipinski definition) is 5. The van der Waals surface area contributed by atoms with Crippen molar-refractivity contribution in [3.63, 3.8) is 0 Å². The number of unbranched alkanes of at least 4 members (excludes halogenated alkanes) is 16. The maximum atomic E-state index is 13.6. The highest BCUT2D eigenvalue weighted by atomic mass is 16.5. The summed E-state index contributed by atoms with van der Waals surface area (Å²) in [6, 6.07) is 4.81. The van der Waals surface area contributed by atoms with E-state index in [4.69, 9.17) is 9.47 Å². The molecule has 0 aliphatic carbocycles. The van der Waals surface area contributed by atoms with Gasteiger partial charge in [-0.25, -0.2) is 9.79 Å². The maximum Gasteiger partial charge on any atom is 0.328 e. The normalized spacial score (nSPS) is 18.8. The Bertz CT molecular complexity index is 1530. The van der Waals surface area contributed by atoms with Gasteiger partial charge in [0.1, 0.15) is 30.5 Å². The molecule has 0 unspecified atom stereocenters. The van der Waals surface area contributed by atoms with Gasteiger partial charge in [-0.1, -0.05) is 115 Å². The van der Waals surface area contributed by atoms with E-state index in [2.05, 4.69) is 33.2 Å². The van der Waals surface area contributed by atoms with Crippen LogP contribution in [-0.4, -0.2) is 84.0 Å². The minimum atomic E-state index is -1.38. The summed E-state index contributed by atoms with van der Waals surface area (Å²) in [6.07, 6.45) is 26.6. The summed E-state index contributed by atoms with van der Waals surface area (Å²) in [5.41, 5.74) is -1.03. The van der Waals surface area contributed by atoms with E-state index < -0.39 is 41.5 Å². The molecule has 0 spiro atoms. The number of phenols is 1. The third-order valence-electron chi connectivity index (χ3n) is 11.2. The molecule has 1 fully saturated rings. The van der Waals surface area contributed by atoms with Gasteiger partial charge in [-0.3, -0.25) is 19.2 Å². The Morgan fingerprint density at radius 1 is 0.933 bits per heavy atom. The number of allylic oxidation sites excluding steroid dienone is 1. The van der Waals surface area contributed by atoms with Crippen LogP contribution in [0.4, 0.5) is 0 Å². The number of aliphatic imine (C=N–C) groups is 1. The van der Waals surface area contributed by atoms with Crippen molar-refractivity contribution in [2.75, 3.05) is 19.7 Å². The van der Waals surface area contributed by atoms with Gasteiger partial charge in [0.25, 0.3) is 5.91 Å². The number of ether oxygens (including phenoxy) is 2. The average molecular weight is 838 g/mol. The van der Waals surface area contributed by atoms with Gasteiger partial charge in [0.15, 0.2) is 5.54 Å². The Morgan fingerprint density at radius 3 is 2.25 bits per heavy atom. The van der Waals surface area contributed by atoms with Gasteiger partial charge >= 0.3 is 5.97 Å². The first-order valence-corrected chi connectivity index (χ1v) is 23.1. The molecule has 13 nitrogen and oxygen atoms in total. The molecule has 13 heteroatoms. The lowest BCUT2D eigenvalue weighted by atomic mass is 10.0. The minimum Gasteiger partial charge on any atom is -0.507 e. The van der Waals surface area contributed by atoms with E-state index >= 15 is 0 Å². The predicted octanol–water partition coefficient (Wildman–Crippen LogP) is 7.62. The number of esters is 1. The Labute approximate surface area is 359 Å². The molecule has 1 aromatic carbocycles. The first-order chi connectivity index (χ1) is 29.0. The van der Waals surface area contributed by atoms with Crippen molar-refractivity contribution in [2.24, 2.45) is 4.99 Å². The number of phenolic OH excluding ortho intramolecular Hbond substituents is 1. The number of nitrogens with one attached hydrogen (secondary N) is 4. The zero-order chi connectivity index (χ0) is 43.4. The molecule has 1 aromatic rings. The number of benzene rings is 1. The molecule has 3 rings (SSSR count). The highest BCUT2D eigenvalue weighted by Gasteiger charge is 2.42. The molecule has 60 heavy (non-hydrogen) atoms. The fourth-order valence-corrected chi connectivity index (χ4v) is 7.45. The summed E-state index contributed by atoms with van der Waals surface area (Å²) >= 11 is 0. The average Bonchev–Trinajstić information content (AvgIpc) is 3.52. The van der Waals surface area contributed by atoms with Crippen LogP contribution in [0.15, 0.2) is 41.4 Å². The van der Waals surface area contributed by atoms with Gasteiger partial charge in [-0.05, 0) is 83.4 Å². The molecule has 4 amide bonds. The first-order valence-electron chi connectivity index (χ1n) is 23.1. The van der Waals surface area contributed by atoms with Crippen molar-refractivity contribution < 1.29 is 38.6 Å². The third kappa shape index (κ3) is 19.8. The first kappa shape index (κ1) is 49.9.